The number of benzene rings is 6. The van der Waals surface area contributed by atoms with Crippen LogP contribution in [0.25, 0.3) is 83.2 Å². The van der Waals surface area contributed by atoms with Crippen molar-refractivity contribution < 1.29 is 40.9 Å². The molecule has 3 aliphatic heterocycles. The van der Waals surface area contributed by atoms with Gasteiger partial charge in [0.1, 0.15) is 11.5 Å². The van der Waals surface area contributed by atoms with Gasteiger partial charge in [0, 0.05) is 103 Å². The lowest BCUT2D eigenvalue weighted by molar-refractivity contribution is -0.274. The SMILES string of the molecule is COc1ccc(-c2ccn(-c3ccc4c(cnn4CCN4CCCC4)c3)c(=O)c2)c(C)c1.O=c1cc(-c2ccc(C(F)(F)F)cc2)ccn1-c1ccc2c(cnn2CCN2CC[C@H](O)C2)c1.O=c1cc(-c2ccc(OC(F)(F)F)cc2)ccn1-c1ccc2c(cnn2CCN2CCCC2)c1. The van der Waals surface area contributed by atoms with Crippen molar-refractivity contribution in [2.24, 2.45) is 0 Å². The van der Waals surface area contributed by atoms with E-state index in [0.29, 0.717) is 41.0 Å². The summed E-state index contributed by atoms with van der Waals surface area (Å²) in [5.41, 5.74) is 9.35. The second-order valence-electron chi connectivity index (χ2n) is 25.4. The molecule has 0 radical (unpaired) electrons. The van der Waals surface area contributed by atoms with Crippen LogP contribution in [0.3, 0.4) is 0 Å². The Morgan fingerprint density at radius 3 is 1.25 bits per heavy atom. The average Bonchev–Trinajstić information content (AvgIpc) is 1.48. The number of rotatable bonds is 17. The van der Waals surface area contributed by atoms with Gasteiger partial charge in [0.2, 0.25) is 0 Å². The summed E-state index contributed by atoms with van der Waals surface area (Å²) in [5.74, 6) is 0.507. The van der Waals surface area contributed by atoms with Crippen LogP contribution in [0.2, 0.25) is 0 Å². The maximum absolute atomic E-state index is 13.0. The molecule has 3 aliphatic rings. The van der Waals surface area contributed by atoms with Crippen molar-refractivity contribution in [1.29, 1.82) is 0 Å². The number of aryl methyl sites for hydroxylation is 1. The number of nitrogens with zero attached hydrogens (tertiary/aromatic N) is 12. The van der Waals surface area contributed by atoms with E-state index in [4.69, 9.17) is 4.74 Å². The first-order valence-corrected chi connectivity index (χ1v) is 33.4. The fraction of sp³-hybridized carbons (Fsp3) is 0.289. The summed E-state index contributed by atoms with van der Waals surface area (Å²) in [5, 5.41) is 26.2. The van der Waals surface area contributed by atoms with Crippen molar-refractivity contribution in [3.8, 4) is 61.9 Å². The van der Waals surface area contributed by atoms with Gasteiger partial charge in [0.05, 0.1) is 73.6 Å². The van der Waals surface area contributed by atoms with Crippen molar-refractivity contribution in [2.45, 2.75) is 77.3 Å². The molecule has 1 atom stereocenters. The standard InChI is InChI=1S/C26H28N4O2.2C25H23F3N4O2/c1-19-15-23(32-2)6-7-24(19)20-9-12-29(26(31)17-20)22-5-8-25-21(16-22)18-27-30(25)14-13-28-10-3-4-11-28;26-25(27,28)20-3-1-17(2-4-20)18-7-10-31(24(34)14-18)21-5-6-23-19(13-21)15-29-32(23)12-11-30-9-8-22(33)16-30;26-25(27,28)34-22-6-3-18(4-7-22)19-9-12-31(24(33)16-19)21-5-8-23-20(15-21)17-29-32(23)14-13-30-10-1-2-11-30/h5-9,12,15-18H,3-4,10-11,13-14H2,1-2H3;1-7,10,13-15,22,33H,8-9,11-12,16H2;3-9,12,15-17H,1-2,10-11,13-14H2/t;22-;/m.0./s1. The highest BCUT2D eigenvalue weighted by atomic mass is 19.4. The number of fused-ring (bicyclic) bond motifs is 3. The number of likely N-dealkylation sites (tertiary alicyclic amines) is 3. The molecule has 0 unspecified atom stereocenters. The summed E-state index contributed by atoms with van der Waals surface area (Å²) in [7, 11) is 1.66. The Kier molecular flexibility index (Phi) is 20.2. The molecule has 24 heteroatoms. The normalized spacial score (nSPS) is 15.3. The Labute approximate surface area is 571 Å². The molecule has 12 aromatic rings. The molecule has 0 bridgehead atoms. The number of aliphatic hydroxyl groups excluding tert-OH is 1. The zero-order chi connectivity index (χ0) is 69.7. The van der Waals surface area contributed by atoms with Gasteiger partial charge in [-0.2, -0.15) is 28.5 Å². The first-order chi connectivity index (χ1) is 48.2. The van der Waals surface area contributed by atoms with Crippen LogP contribution in [-0.4, -0.2) is 141 Å². The first-order valence-electron chi connectivity index (χ1n) is 33.4. The van der Waals surface area contributed by atoms with Crippen molar-refractivity contribution in [3.05, 3.63) is 237 Å². The van der Waals surface area contributed by atoms with E-state index in [1.807, 2.05) is 108 Å². The Bertz CT molecular complexity index is 5040. The number of pyridine rings is 3. The van der Waals surface area contributed by atoms with E-state index in [1.54, 1.807) is 48.5 Å². The number of alkyl halides is 6. The van der Waals surface area contributed by atoms with Gasteiger partial charge < -0.3 is 24.4 Å². The zero-order valence-electron chi connectivity index (χ0n) is 55.2. The maximum atomic E-state index is 13.0. The minimum absolute atomic E-state index is 0.0570. The summed E-state index contributed by atoms with van der Waals surface area (Å²) in [6, 6.07) is 43.7. The van der Waals surface area contributed by atoms with Gasteiger partial charge in [0.15, 0.2) is 0 Å². The van der Waals surface area contributed by atoms with Crippen LogP contribution in [-0.2, 0) is 25.8 Å². The minimum Gasteiger partial charge on any atom is -0.497 e. The van der Waals surface area contributed by atoms with Gasteiger partial charge in [-0.3, -0.25) is 47.0 Å². The smallest absolute Gasteiger partial charge is 0.497 e. The molecule has 0 spiro atoms. The highest BCUT2D eigenvalue weighted by Gasteiger charge is 2.32. The fourth-order valence-electron chi connectivity index (χ4n) is 13.3. The van der Waals surface area contributed by atoms with E-state index >= 15 is 0 Å². The Morgan fingerprint density at radius 1 is 0.450 bits per heavy atom. The quantitative estimate of drug-likeness (QED) is 0.0858. The van der Waals surface area contributed by atoms with E-state index in [9.17, 15) is 45.8 Å². The molecule has 0 saturated carbocycles. The number of hydrogen-bond donors (Lipinski definition) is 1. The number of aliphatic hydroxyl groups is 1. The van der Waals surface area contributed by atoms with Crippen LogP contribution in [0.15, 0.2) is 209 Å². The summed E-state index contributed by atoms with van der Waals surface area (Å²) in [4.78, 5) is 45.7. The second kappa shape index (κ2) is 29.6. The fourth-order valence-corrected chi connectivity index (χ4v) is 13.3. The molecule has 1 N–H and O–H groups in total. The molecular formula is C76H74F6N12O6. The molecule has 3 saturated heterocycles. The Hall–Kier alpha value is -10.4. The van der Waals surface area contributed by atoms with Gasteiger partial charge in [0.25, 0.3) is 16.7 Å². The van der Waals surface area contributed by atoms with Crippen molar-refractivity contribution in [1.82, 2.24) is 57.7 Å². The lowest BCUT2D eigenvalue weighted by Crippen LogP contribution is -2.26. The summed E-state index contributed by atoms with van der Waals surface area (Å²) in [6.45, 7) is 13.5. The third-order valence-electron chi connectivity index (χ3n) is 18.7. The Balaban J connectivity index is 0.000000134. The minimum atomic E-state index is -4.74. The van der Waals surface area contributed by atoms with E-state index in [0.717, 1.165) is 137 Å². The van der Waals surface area contributed by atoms with E-state index in [-0.39, 0.29) is 28.5 Å². The maximum Gasteiger partial charge on any atom is 0.573 e. The molecule has 516 valence electrons. The Morgan fingerprint density at radius 2 is 0.860 bits per heavy atom. The topological polar surface area (TPSA) is 168 Å². The summed E-state index contributed by atoms with van der Waals surface area (Å²) >= 11 is 0. The predicted octanol–water partition coefficient (Wildman–Crippen LogP) is 13.1. The summed E-state index contributed by atoms with van der Waals surface area (Å²) < 4.78 is 95.3. The third kappa shape index (κ3) is 16.0. The van der Waals surface area contributed by atoms with Crippen molar-refractivity contribution in [2.75, 3.05) is 66.0 Å². The second-order valence-corrected chi connectivity index (χ2v) is 25.4. The van der Waals surface area contributed by atoms with Gasteiger partial charge in [-0.15, -0.1) is 13.2 Å². The molecule has 6 aromatic carbocycles. The van der Waals surface area contributed by atoms with E-state index in [2.05, 4.69) is 45.5 Å². The highest BCUT2D eigenvalue weighted by Crippen LogP contribution is 2.33. The molecule has 0 aliphatic carbocycles. The molecule has 6 aromatic heterocycles. The third-order valence-corrected chi connectivity index (χ3v) is 18.7. The number of β-amino-alcohol motifs (C(OH)–C–C–N with tert-alkyl or cyclic N) is 1. The summed E-state index contributed by atoms with van der Waals surface area (Å²) in [6.07, 6.45) is 7.13. The molecular weight excluding hydrogens is 1290 g/mol. The van der Waals surface area contributed by atoms with Crippen LogP contribution in [0, 0.1) is 6.92 Å². The number of ether oxygens (including phenoxy) is 2. The lowest BCUT2D eigenvalue weighted by atomic mass is 10.0. The molecule has 100 heavy (non-hydrogen) atoms. The van der Waals surface area contributed by atoms with Crippen LogP contribution < -0.4 is 26.2 Å². The molecule has 3 fully saturated rings. The number of hydrogen-bond acceptors (Lipinski definition) is 12. The zero-order valence-corrected chi connectivity index (χ0v) is 55.2. The van der Waals surface area contributed by atoms with Gasteiger partial charge in [-0.1, -0.05) is 30.3 Å². The molecule has 9 heterocycles. The average molecular weight is 1370 g/mol. The lowest BCUT2D eigenvalue weighted by Gasteiger charge is -2.15. The molecule has 15 rings (SSSR count). The van der Waals surface area contributed by atoms with Gasteiger partial charge >= 0.3 is 12.5 Å². The largest absolute Gasteiger partial charge is 0.573 e. The number of halogens is 6. The van der Waals surface area contributed by atoms with Crippen molar-refractivity contribution >= 4 is 32.7 Å². The first kappa shape index (κ1) is 68.1. The molecule has 0 amide bonds. The monoisotopic (exact) mass is 1360 g/mol. The van der Waals surface area contributed by atoms with Crippen LogP contribution in [0.4, 0.5) is 26.3 Å². The van der Waals surface area contributed by atoms with E-state index < -0.39 is 18.1 Å². The number of aromatic nitrogens is 9. The van der Waals surface area contributed by atoms with Crippen LogP contribution in [0.1, 0.15) is 43.2 Å². The van der Waals surface area contributed by atoms with E-state index in [1.165, 1.54) is 96.4 Å². The number of methoxy groups -OCH3 is 1. The van der Waals surface area contributed by atoms with Crippen molar-refractivity contribution in [3.63, 3.8) is 0 Å². The van der Waals surface area contributed by atoms with Crippen LogP contribution in [0.5, 0.6) is 11.5 Å². The van der Waals surface area contributed by atoms with Gasteiger partial charge in [-0.05, 0) is 213 Å². The highest BCUT2D eigenvalue weighted by molar-refractivity contribution is 5.83. The van der Waals surface area contributed by atoms with Gasteiger partial charge in [-0.25, -0.2) is 0 Å². The molecule has 18 nitrogen and oxygen atoms in total. The predicted molar refractivity (Wildman–Crippen MR) is 374 cm³/mol. The van der Waals surface area contributed by atoms with Crippen LogP contribution >= 0.6 is 0 Å².